The van der Waals surface area contributed by atoms with E-state index in [0.717, 1.165) is 12.8 Å². The van der Waals surface area contributed by atoms with Gasteiger partial charge >= 0.3 is 8.56 Å². The molecule has 19 heavy (non-hydrogen) atoms. The molecule has 0 N–H and O–H groups in total. The maximum absolute atomic E-state index is 6.73. The van der Waals surface area contributed by atoms with Crippen LogP contribution in [0, 0.1) is 11.8 Å². The molecule has 0 saturated carbocycles. The van der Waals surface area contributed by atoms with Gasteiger partial charge in [-0.2, -0.15) is 0 Å². The molecule has 0 rings (SSSR count). The number of rotatable bonds is 9. The summed E-state index contributed by atoms with van der Waals surface area (Å²) < 4.78 is 12.8. The minimum absolute atomic E-state index is 0.301. The molecule has 0 aliphatic heterocycles. The molecule has 2 nitrogen and oxygen atoms in total. The molecule has 0 aromatic heterocycles. The van der Waals surface area contributed by atoms with Crippen molar-refractivity contribution in [1.29, 1.82) is 0 Å². The molecule has 2 atom stereocenters. The Morgan fingerprint density at radius 1 is 0.789 bits per heavy atom. The summed E-state index contributed by atoms with van der Waals surface area (Å²) in [6.45, 7) is 18.1. The Kier molecular flexibility index (Phi) is 8.49. The molecular weight excluding hydrogens is 252 g/mol. The van der Waals surface area contributed by atoms with Crippen LogP contribution in [0.2, 0.25) is 11.1 Å². The quantitative estimate of drug-likeness (QED) is 0.531. The Hall–Kier alpha value is 0.137. The molecule has 0 heterocycles. The van der Waals surface area contributed by atoms with Crippen LogP contribution in [0.15, 0.2) is 0 Å². The van der Waals surface area contributed by atoms with Crippen molar-refractivity contribution >= 4 is 8.56 Å². The first-order chi connectivity index (χ1) is 8.76. The molecule has 0 fully saturated rings. The second-order valence-corrected chi connectivity index (χ2v) is 10.7. The molecule has 0 radical (unpaired) electrons. The summed E-state index contributed by atoms with van der Waals surface area (Å²) in [5.41, 5.74) is 1.07. The van der Waals surface area contributed by atoms with Gasteiger partial charge in [-0.05, 0) is 22.9 Å². The second-order valence-electron chi connectivity index (χ2n) is 6.61. The van der Waals surface area contributed by atoms with Gasteiger partial charge in [-0.3, -0.25) is 0 Å². The monoisotopic (exact) mass is 288 g/mol. The number of hydrogen-bond donors (Lipinski definition) is 0. The van der Waals surface area contributed by atoms with E-state index in [0.29, 0.717) is 29.0 Å². The van der Waals surface area contributed by atoms with Gasteiger partial charge in [0.2, 0.25) is 0 Å². The van der Waals surface area contributed by atoms with Crippen molar-refractivity contribution in [2.24, 2.45) is 11.8 Å². The van der Waals surface area contributed by atoms with Crippen molar-refractivity contribution in [3.05, 3.63) is 0 Å². The third-order valence-corrected chi connectivity index (χ3v) is 9.39. The summed E-state index contributed by atoms with van der Waals surface area (Å²) in [4.78, 5) is 0. The fraction of sp³-hybridized carbons (Fsp3) is 1.00. The minimum atomic E-state index is -2.16. The summed E-state index contributed by atoms with van der Waals surface area (Å²) in [6.07, 6.45) is 2.57. The minimum Gasteiger partial charge on any atom is -0.397 e. The van der Waals surface area contributed by atoms with E-state index in [1.165, 1.54) is 0 Å². The smallest absolute Gasteiger partial charge is 0.343 e. The second kappa shape index (κ2) is 8.43. The number of hydrogen-bond acceptors (Lipinski definition) is 2. The summed E-state index contributed by atoms with van der Waals surface area (Å²) in [5.74, 6) is 1.07. The lowest BCUT2D eigenvalue weighted by Crippen LogP contribution is -2.52. The highest BCUT2D eigenvalue weighted by molar-refractivity contribution is 6.70. The molecule has 0 spiro atoms. The van der Waals surface area contributed by atoms with E-state index in [2.05, 4.69) is 55.4 Å². The van der Waals surface area contributed by atoms with E-state index in [-0.39, 0.29) is 0 Å². The zero-order chi connectivity index (χ0) is 15.2. The van der Waals surface area contributed by atoms with Crippen LogP contribution in [0.3, 0.4) is 0 Å². The average molecular weight is 289 g/mol. The van der Waals surface area contributed by atoms with Crippen LogP contribution in [0.1, 0.15) is 68.2 Å². The fourth-order valence-electron chi connectivity index (χ4n) is 2.99. The molecule has 2 unspecified atom stereocenters. The largest absolute Gasteiger partial charge is 0.397 e. The highest BCUT2D eigenvalue weighted by Gasteiger charge is 2.48. The summed E-state index contributed by atoms with van der Waals surface area (Å²) in [7, 11) is -0.302. The molecule has 0 bridgehead atoms. The predicted octanol–water partition coefficient (Wildman–Crippen LogP) is 5.37. The van der Waals surface area contributed by atoms with E-state index in [9.17, 15) is 0 Å². The van der Waals surface area contributed by atoms with Gasteiger partial charge in [0.15, 0.2) is 0 Å². The zero-order valence-electron chi connectivity index (χ0n) is 14.6. The van der Waals surface area contributed by atoms with E-state index < -0.39 is 8.56 Å². The van der Waals surface area contributed by atoms with Crippen molar-refractivity contribution in [3.8, 4) is 0 Å². The van der Waals surface area contributed by atoms with Crippen molar-refractivity contribution < 1.29 is 8.85 Å². The fourth-order valence-corrected chi connectivity index (χ4v) is 7.44. The molecule has 0 aromatic rings. The standard InChI is InChI=1S/C16H36O2Si/c1-10-14(7)19(17-9,15(8)11-2)18-16(12(3)4)13(5)6/h12-16H,10-11H2,1-9H3. The van der Waals surface area contributed by atoms with Crippen LogP contribution in [-0.2, 0) is 8.85 Å². The Labute approximate surface area is 122 Å². The SMILES string of the molecule is CCC(C)[Si](OC)(OC(C(C)C)C(C)C)C(C)CC. The molecule has 116 valence electrons. The Morgan fingerprint density at radius 2 is 1.16 bits per heavy atom. The van der Waals surface area contributed by atoms with Crippen molar-refractivity contribution in [2.75, 3.05) is 7.11 Å². The molecule has 0 amide bonds. The van der Waals surface area contributed by atoms with Crippen molar-refractivity contribution in [1.82, 2.24) is 0 Å². The normalized spacial score (nSPS) is 18.9. The van der Waals surface area contributed by atoms with Gasteiger partial charge in [-0.1, -0.05) is 68.2 Å². The molecular formula is C16H36O2Si. The summed E-state index contributed by atoms with van der Waals surface area (Å²) in [5, 5.41) is 0. The lowest BCUT2D eigenvalue weighted by molar-refractivity contribution is 0.0495. The first kappa shape index (κ1) is 19.1. The van der Waals surface area contributed by atoms with Crippen LogP contribution in [-0.4, -0.2) is 21.8 Å². The Morgan fingerprint density at radius 3 is 1.37 bits per heavy atom. The zero-order valence-corrected chi connectivity index (χ0v) is 15.6. The Balaban J connectivity index is 5.33. The first-order valence-electron chi connectivity index (χ1n) is 7.99. The molecule has 0 aromatic carbocycles. The van der Waals surface area contributed by atoms with Crippen molar-refractivity contribution in [2.45, 2.75) is 85.4 Å². The topological polar surface area (TPSA) is 18.5 Å². The van der Waals surface area contributed by atoms with E-state index in [1.54, 1.807) is 0 Å². The van der Waals surface area contributed by atoms with Gasteiger partial charge in [0.05, 0.1) is 6.10 Å². The van der Waals surface area contributed by atoms with Gasteiger partial charge in [-0.15, -0.1) is 0 Å². The van der Waals surface area contributed by atoms with Crippen molar-refractivity contribution in [3.63, 3.8) is 0 Å². The van der Waals surface area contributed by atoms with Gasteiger partial charge in [0.25, 0.3) is 0 Å². The molecule has 0 aliphatic rings. The molecule has 0 saturated heterocycles. The van der Waals surface area contributed by atoms with Crippen LogP contribution in [0.25, 0.3) is 0 Å². The summed E-state index contributed by atoms with van der Waals surface area (Å²) in [6, 6.07) is 0. The molecule has 0 aliphatic carbocycles. The van der Waals surface area contributed by atoms with Crippen LogP contribution in [0.5, 0.6) is 0 Å². The van der Waals surface area contributed by atoms with Crippen LogP contribution < -0.4 is 0 Å². The van der Waals surface area contributed by atoms with Gasteiger partial charge in [0, 0.05) is 7.11 Å². The highest BCUT2D eigenvalue weighted by atomic mass is 28.4. The van der Waals surface area contributed by atoms with E-state index in [1.807, 2.05) is 7.11 Å². The summed E-state index contributed by atoms with van der Waals surface area (Å²) >= 11 is 0. The first-order valence-corrected chi connectivity index (χ1v) is 9.96. The van der Waals surface area contributed by atoms with E-state index in [4.69, 9.17) is 8.85 Å². The lowest BCUT2D eigenvalue weighted by Gasteiger charge is -2.43. The maximum Gasteiger partial charge on any atom is 0.343 e. The van der Waals surface area contributed by atoms with Gasteiger partial charge in [0.1, 0.15) is 0 Å². The lowest BCUT2D eigenvalue weighted by atomic mass is 9.97. The average Bonchev–Trinajstić information content (AvgIpc) is 2.37. The Bertz CT molecular complexity index is 223. The van der Waals surface area contributed by atoms with Crippen LogP contribution >= 0.6 is 0 Å². The van der Waals surface area contributed by atoms with Gasteiger partial charge < -0.3 is 8.85 Å². The predicted molar refractivity (Wildman–Crippen MR) is 86.7 cm³/mol. The van der Waals surface area contributed by atoms with Gasteiger partial charge in [-0.25, -0.2) is 0 Å². The molecule has 3 heteroatoms. The third-order valence-electron chi connectivity index (χ3n) is 4.55. The maximum atomic E-state index is 6.73. The highest BCUT2D eigenvalue weighted by Crippen LogP contribution is 2.40. The van der Waals surface area contributed by atoms with E-state index >= 15 is 0 Å². The van der Waals surface area contributed by atoms with Crippen LogP contribution in [0.4, 0.5) is 0 Å². The third kappa shape index (κ3) is 4.57.